The molecule has 3 rings (SSSR count). The molecule has 1 aliphatic heterocycles. The van der Waals surface area contributed by atoms with Gasteiger partial charge in [-0.15, -0.1) is 0 Å². The minimum absolute atomic E-state index is 0.0783. The van der Waals surface area contributed by atoms with E-state index in [-0.39, 0.29) is 23.6 Å². The van der Waals surface area contributed by atoms with Gasteiger partial charge in [0.1, 0.15) is 17.3 Å². The first kappa shape index (κ1) is 16.2. The van der Waals surface area contributed by atoms with E-state index in [4.69, 9.17) is 10.00 Å². The van der Waals surface area contributed by atoms with Crippen molar-refractivity contribution in [2.75, 3.05) is 6.54 Å². The van der Waals surface area contributed by atoms with Gasteiger partial charge in [-0.2, -0.15) is 5.26 Å². The lowest BCUT2D eigenvalue weighted by Gasteiger charge is -2.10. The van der Waals surface area contributed by atoms with Crippen molar-refractivity contribution in [2.24, 2.45) is 5.92 Å². The van der Waals surface area contributed by atoms with Gasteiger partial charge in [-0.1, -0.05) is 12.1 Å². The summed E-state index contributed by atoms with van der Waals surface area (Å²) < 4.78 is 18.5. The highest BCUT2D eigenvalue weighted by Gasteiger charge is 2.28. The van der Waals surface area contributed by atoms with E-state index < -0.39 is 0 Å². The number of nitrogens with zero attached hydrogens (tertiary/aromatic N) is 1. The Bertz CT molecular complexity index is 750. The van der Waals surface area contributed by atoms with Gasteiger partial charge >= 0.3 is 0 Å². The minimum atomic E-state index is -0.310. The molecule has 0 aromatic heterocycles. The van der Waals surface area contributed by atoms with Crippen LogP contribution in [-0.4, -0.2) is 18.4 Å². The monoisotopic (exact) mass is 324 g/mol. The van der Waals surface area contributed by atoms with E-state index in [1.54, 1.807) is 24.3 Å². The van der Waals surface area contributed by atoms with Crippen molar-refractivity contribution in [3.05, 3.63) is 59.9 Å². The first-order chi connectivity index (χ1) is 11.6. The van der Waals surface area contributed by atoms with Crippen LogP contribution in [0.1, 0.15) is 12.0 Å². The summed E-state index contributed by atoms with van der Waals surface area (Å²) in [4.78, 5) is 12.2. The molecule has 1 aliphatic rings. The molecule has 1 N–H and O–H groups in total. The number of halogens is 1. The van der Waals surface area contributed by atoms with Gasteiger partial charge in [-0.3, -0.25) is 4.79 Å². The molecule has 4 nitrogen and oxygen atoms in total. The molecule has 1 heterocycles. The molecule has 0 saturated carbocycles. The first-order valence-corrected chi connectivity index (χ1v) is 7.82. The van der Waals surface area contributed by atoms with Crippen LogP contribution in [0.25, 0.3) is 0 Å². The fraction of sp³-hybridized carbons (Fsp3) is 0.263. The largest absolute Gasteiger partial charge is 0.457 e. The molecular formula is C19H17FN2O2. The molecule has 2 aromatic rings. The molecule has 2 aromatic carbocycles. The lowest BCUT2D eigenvalue weighted by Crippen LogP contribution is -2.31. The molecule has 0 aliphatic carbocycles. The number of ether oxygens (including phenoxy) is 1. The van der Waals surface area contributed by atoms with Gasteiger partial charge in [0.2, 0.25) is 0 Å². The Labute approximate surface area is 139 Å². The summed E-state index contributed by atoms with van der Waals surface area (Å²) in [6.07, 6.45) is 0.910. The first-order valence-electron chi connectivity index (χ1n) is 7.82. The van der Waals surface area contributed by atoms with Crippen molar-refractivity contribution >= 4 is 5.78 Å². The highest BCUT2D eigenvalue weighted by atomic mass is 19.1. The minimum Gasteiger partial charge on any atom is -0.457 e. The predicted octanol–water partition coefficient (Wildman–Crippen LogP) is 3.23. The third-order valence-electron chi connectivity index (χ3n) is 4.05. The molecular weight excluding hydrogens is 307 g/mol. The Balaban J connectivity index is 1.57. The summed E-state index contributed by atoms with van der Waals surface area (Å²) in [6, 6.07) is 15.0. The Morgan fingerprint density at radius 1 is 1.17 bits per heavy atom. The number of carbonyl (C=O) groups excluding carboxylic acids is 1. The van der Waals surface area contributed by atoms with Gasteiger partial charge in [-0.25, -0.2) is 4.39 Å². The zero-order valence-electron chi connectivity index (χ0n) is 13.0. The van der Waals surface area contributed by atoms with Crippen molar-refractivity contribution in [3.8, 4) is 17.6 Å². The van der Waals surface area contributed by atoms with Gasteiger partial charge in [0.05, 0.1) is 18.0 Å². The van der Waals surface area contributed by atoms with E-state index in [0.717, 1.165) is 5.56 Å². The second-order valence-electron chi connectivity index (χ2n) is 5.87. The Morgan fingerprint density at radius 2 is 1.79 bits per heavy atom. The third kappa shape index (κ3) is 3.98. The summed E-state index contributed by atoms with van der Waals surface area (Å²) in [5.41, 5.74) is 0.897. The Morgan fingerprint density at radius 3 is 2.38 bits per heavy atom. The Kier molecular flexibility index (Phi) is 4.88. The van der Waals surface area contributed by atoms with Crippen LogP contribution in [0.4, 0.5) is 4.39 Å². The molecule has 0 bridgehead atoms. The van der Waals surface area contributed by atoms with E-state index >= 15 is 0 Å². The predicted molar refractivity (Wildman–Crippen MR) is 87.1 cm³/mol. The number of hydrogen-bond donors (Lipinski definition) is 1. The number of Topliss-reactive ketones (excluding diaryl/α,β-unsaturated/α-hetero) is 1. The average molecular weight is 324 g/mol. The number of nitriles is 1. The van der Waals surface area contributed by atoms with Gasteiger partial charge in [-0.05, 0) is 48.4 Å². The molecule has 5 heteroatoms. The summed E-state index contributed by atoms with van der Waals surface area (Å²) in [7, 11) is 0. The Hall–Kier alpha value is -2.71. The highest BCUT2D eigenvalue weighted by molar-refractivity contribution is 5.86. The van der Waals surface area contributed by atoms with E-state index in [9.17, 15) is 9.18 Å². The number of nitrogens with one attached hydrogen (secondary N) is 1. The van der Waals surface area contributed by atoms with Crippen LogP contribution in [0.5, 0.6) is 11.5 Å². The molecule has 0 unspecified atom stereocenters. The maximum Gasteiger partial charge on any atom is 0.154 e. The van der Waals surface area contributed by atoms with Crippen molar-refractivity contribution in [2.45, 2.75) is 18.9 Å². The zero-order chi connectivity index (χ0) is 16.9. The molecule has 24 heavy (non-hydrogen) atoms. The fourth-order valence-corrected chi connectivity index (χ4v) is 2.72. The van der Waals surface area contributed by atoms with E-state index in [1.165, 1.54) is 12.1 Å². The number of carbonyl (C=O) groups is 1. The van der Waals surface area contributed by atoms with Crippen LogP contribution >= 0.6 is 0 Å². The molecule has 2 atom stereocenters. The van der Waals surface area contributed by atoms with Crippen molar-refractivity contribution in [1.82, 2.24) is 5.32 Å². The summed E-state index contributed by atoms with van der Waals surface area (Å²) in [5, 5.41) is 12.0. The molecule has 0 amide bonds. The second-order valence-corrected chi connectivity index (χ2v) is 5.87. The van der Waals surface area contributed by atoms with E-state index in [0.29, 0.717) is 30.9 Å². The summed E-state index contributed by atoms with van der Waals surface area (Å²) in [5.74, 6) is 0.889. The van der Waals surface area contributed by atoms with Crippen molar-refractivity contribution in [3.63, 3.8) is 0 Å². The van der Waals surface area contributed by atoms with Crippen molar-refractivity contribution in [1.29, 1.82) is 5.26 Å². The molecule has 0 radical (unpaired) electrons. The van der Waals surface area contributed by atoms with Crippen LogP contribution in [-0.2, 0) is 11.2 Å². The van der Waals surface area contributed by atoms with Crippen LogP contribution < -0.4 is 10.1 Å². The summed E-state index contributed by atoms with van der Waals surface area (Å²) >= 11 is 0. The van der Waals surface area contributed by atoms with Crippen LogP contribution in [0.2, 0.25) is 0 Å². The van der Waals surface area contributed by atoms with E-state index in [1.807, 2.05) is 12.1 Å². The topological polar surface area (TPSA) is 62.1 Å². The molecule has 1 fully saturated rings. The zero-order valence-corrected chi connectivity index (χ0v) is 13.0. The van der Waals surface area contributed by atoms with Crippen LogP contribution in [0.15, 0.2) is 48.5 Å². The number of ketones is 1. The van der Waals surface area contributed by atoms with Gasteiger partial charge < -0.3 is 10.1 Å². The molecule has 122 valence electrons. The maximum atomic E-state index is 12.9. The third-order valence-corrected chi connectivity index (χ3v) is 4.05. The normalized spacial score (nSPS) is 19.7. The lowest BCUT2D eigenvalue weighted by atomic mass is 9.99. The van der Waals surface area contributed by atoms with E-state index in [2.05, 4.69) is 11.4 Å². The quantitative estimate of drug-likeness (QED) is 0.917. The van der Waals surface area contributed by atoms with Gasteiger partial charge in [0.25, 0.3) is 0 Å². The SMILES string of the molecule is N#C[C@H]1CN[C@H](C(=O)Cc2ccc(Oc3ccc(F)cc3)cc2)C1. The molecule has 0 spiro atoms. The molecule has 1 saturated heterocycles. The highest BCUT2D eigenvalue weighted by Crippen LogP contribution is 2.22. The van der Waals surface area contributed by atoms with Gasteiger partial charge in [0.15, 0.2) is 5.78 Å². The smallest absolute Gasteiger partial charge is 0.154 e. The average Bonchev–Trinajstić information content (AvgIpc) is 3.08. The maximum absolute atomic E-state index is 12.9. The number of rotatable bonds is 5. The van der Waals surface area contributed by atoms with Crippen LogP contribution in [0, 0.1) is 23.1 Å². The van der Waals surface area contributed by atoms with Crippen molar-refractivity contribution < 1.29 is 13.9 Å². The summed E-state index contributed by atoms with van der Waals surface area (Å²) in [6.45, 7) is 0.581. The van der Waals surface area contributed by atoms with Crippen LogP contribution in [0.3, 0.4) is 0 Å². The number of benzene rings is 2. The lowest BCUT2D eigenvalue weighted by molar-refractivity contribution is -0.120. The standard InChI is InChI=1S/C19H17FN2O2/c20-15-3-7-17(8-4-15)24-16-5-1-13(2-6-16)10-19(23)18-9-14(11-21)12-22-18/h1-8,14,18,22H,9-10,12H2/t14-,18-/m0/s1. The number of hydrogen-bond acceptors (Lipinski definition) is 4. The van der Waals surface area contributed by atoms with Gasteiger partial charge in [0, 0.05) is 13.0 Å². The fourth-order valence-electron chi connectivity index (χ4n) is 2.72. The second kappa shape index (κ2) is 7.24.